The Morgan fingerprint density at radius 3 is 2.58 bits per heavy atom. The number of aliphatic carboxylic acids is 1. The summed E-state index contributed by atoms with van der Waals surface area (Å²) < 4.78 is 0. The lowest BCUT2D eigenvalue weighted by atomic mass is 10.1. The van der Waals surface area contributed by atoms with Gasteiger partial charge in [-0.2, -0.15) is 5.26 Å². The Morgan fingerprint density at radius 2 is 2.11 bits per heavy atom. The summed E-state index contributed by atoms with van der Waals surface area (Å²) in [5.74, 6) is -1.09. The van der Waals surface area contributed by atoms with E-state index in [1.807, 2.05) is 12.1 Å². The molecule has 0 aromatic heterocycles. The second-order valence-electron chi connectivity index (χ2n) is 5.21. The summed E-state index contributed by atoms with van der Waals surface area (Å²) in [6.07, 6.45) is 2.31. The highest BCUT2D eigenvalue weighted by atomic mass is 16.4. The third kappa shape index (κ3) is 3.80. The van der Waals surface area contributed by atoms with Crippen LogP contribution in [-0.4, -0.2) is 28.6 Å². The van der Waals surface area contributed by atoms with Gasteiger partial charge in [0.15, 0.2) is 0 Å². The Bertz CT molecular complexity index is 486. The fourth-order valence-electron chi connectivity index (χ4n) is 2.13. The minimum atomic E-state index is -0.745. The predicted octanol–water partition coefficient (Wildman–Crippen LogP) is 2.24. The van der Waals surface area contributed by atoms with Gasteiger partial charge in [-0.05, 0) is 30.5 Å². The molecule has 19 heavy (non-hydrogen) atoms. The van der Waals surface area contributed by atoms with Crippen LogP contribution in [0.5, 0.6) is 0 Å². The molecule has 0 amide bonds. The van der Waals surface area contributed by atoms with Gasteiger partial charge in [0.05, 0.1) is 17.6 Å². The van der Waals surface area contributed by atoms with Crippen LogP contribution in [0.25, 0.3) is 0 Å². The van der Waals surface area contributed by atoms with E-state index >= 15 is 0 Å². The van der Waals surface area contributed by atoms with Crippen LogP contribution in [-0.2, 0) is 11.3 Å². The number of nitrogens with zero attached hydrogens (tertiary/aromatic N) is 2. The van der Waals surface area contributed by atoms with Crippen LogP contribution < -0.4 is 0 Å². The van der Waals surface area contributed by atoms with E-state index in [1.54, 1.807) is 19.1 Å². The lowest BCUT2D eigenvalue weighted by molar-refractivity contribution is -0.141. The summed E-state index contributed by atoms with van der Waals surface area (Å²) in [5.41, 5.74) is 1.78. The molecule has 1 aliphatic carbocycles. The summed E-state index contributed by atoms with van der Waals surface area (Å²) in [7, 11) is 0. The van der Waals surface area contributed by atoms with E-state index in [2.05, 4.69) is 11.0 Å². The van der Waals surface area contributed by atoms with E-state index in [9.17, 15) is 4.79 Å². The number of rotatable bonds is 6. The molecule has 1 fully saturated rings. The summed E-state index contributed by atoms with van der Waals surface area (Å²) in [6.45, 7) is 3.09. The minimum absolute atomic E-state index is 0.348. The Balaban J connectivity index is 2.00. The van der Waals surface area contributed by atoms with Crippen LogP contribution in [0.3, 0.4) is 0 Å². The molecule has 100 valence electrons. The first-order valence-electron chi connectivity index (χ1n) is 6.56. The lowest BCUT2D eigenvalue weighted by Crippen LogP contribution is -2.33. The third-order valence-corrected chi connectivity index (χ3v) is 3.46. The van der Waals surface area contributed by atoms with Gasteiger partial charge in [-0.1, -0.05) is 19.1 Å². The van der Waals surface area contributed by atoms with Crippen molar-refractivity contribution < 1.29 is 9.90 Å². The summed E-state index contributed by atoms with van der Waals surface area (Å²) in [5, 5.41) is 17.8. The van der Waals surface area contributed by atoms with Gasteiger partial charge in [-0.15, -0.1) is 0 Å². The highest BCUT2D eigenvalue weighted by Crippen LogP contribution is 2.29. The summed E-state index contributed by atoms with van der Waals surface area (Å²) >= 11 is 0. The Labute approximate surface area is 113 Å². The molecule has 1 unspecified atom stereocenters. The maximum absolute atomic E-state index is 11.0. The van der Waals surface area contributed by atoms with Gasteiger partial charge >= 0.3 is 5.97 Å². The first kappa shape index (κ1) is 13.6. The van der Waals surface area contributed by atoms with Gasteiger partial charge in [0.2, 0.25) is 0 Å². The molecule has 0 bridgehead atoms. The molecule has 0 heterocycles. The normalized spacial score (nSPS) is 16.1. The largest absolute Gasteiger partial charge is 0.481 e. The quantitative estimate of drug-likeness (QED) is 0.850. The molecule has 0 saturated heterocycles. The van der Waals surface area contributed by atoms with Crippen molar-refractivity contribution in [2.45, 2.75) is 32.4 Å². The average molecular weight is 258 g/mol. The van der Waals surface area contributed by atoms with Crippen molar-refractivity contribution in [3.05, 3.63) is 35.4 Å². The van der Waals surface area contributed by atoms with Crippen molar-refractivity contribution in [3.8, 4) is 6.07 Å². The smallest absolute Gasteiger partial charge is 0.307 e. The molecule has 2 rings (SSSR count). The molecule has 1 aliphatic rings. The zero-order valence-electron chi connectivity index (χ0n) is 11.0. The minimum Gasteiger partial charge on any atom is -0.481 e. The Morgan fingerprint density at radius 1 is 1.47 bits per heavy atom. The van der Waals surface area contributed by atoms with Crippen LogP contribution in [0, 0.1) is 17.2 Å². The van der Waals surface area contributed by atoms with Gasteiger partial charge in [0.1, 0.15) is 0 Å². The summed E-state index contributed by atoms with van der Waals surface area (Å²) in [6, 6.07) is 10.1. The maximum Gasteiger partial charge on any atom is 0.307 e. The molecule has 0 aliphatic heterocycles. The van der Waals surface area contributed by atoms with Crippen LogP contribution in [0.1, 0.15) is 30.9 Å². The monoisotopic (exact) mass is 258 g/mol. The lowest BCUT2D eigenvalue weighted by Gasteiger charge is -2.24. The highest BCUT2D eigenvalue weighted by Gasteiger charge is 2.30. The number of carboxylic acid groups (broad SMARTS) is 1. The number of hydrogen-bond donors (Lipinski definition) is 1. The van der Waals surface area contributed by atoms with E-state index in [0.29, 0.717) is 18.2 Å². The first-order valence-corrected chi connectivity index (χ1v) is 6.56. The van der Waals surface area contributed by atoms with Crippen molar-refractivity contribution in [1.29, 1.82) is 5.26 Å². The van der Waals surface area contributed by atoms with Crippen molar-refractivity contribution in [2.75, 3.05) is 6.54 Å². The van der Waals surface area contributed by atoms with E-state index in [4.69, 9.17) is 10.4 Å². The van der Waals surface area contributed by atoms with Crippen molar-refractivity contribution in [2.24, 2.45) is 5.92 Å². The van der Waals surface area contributed by atoms with Crippen molar-refractivity contribution in [1.82, 2.24) is 4.90 Å². The molecule has 1 N–H and O–H groups in total. The van der Waals surface area contributed by atoms with Crippen molar-refractivity contribution in [3.63, 3.8) is 0 Å². The number of carboxylic acids is 1. The zero-order chi connectivity index (χ0) is 13.8. The van der Waals surface area contributed by atoms with Gasteiger partial charge in [0.25, 0.3) is 0 Å². The Hall–Kier alpha value is -1.86. The van der Waals surface area contributed by atoms with E-state index < -0.39 is 5.97 Å². The molecule has 1 atom stereocenters. The van der Waals surface area contributed by atoms with Crippen LogP contribution >= 0.6 is 0 Å². The van der Waals surface area contributed by atoms with Crippen LogP contribution in [0.15, 0.2) is 24.3 Å². The van der Waals surface area contributed by atoms with Gasteiger partial charge in [0, 0.05) is 19.1 Å². The van der Waals surface area contributed by atoms with Gasteiger partial charge in [-0.3, -0.25) is 9.69 Å². The highest BCUT2D eigenvalue weighted by molar-refractivity contribution is 5.69. The Kier molecular flexibility index (Phi) is 4.18. The molecule has 0 radical (unpaired) electrons. The fourth-order valence-corrected chi connectivity index (χ4v) is 2.13. The van der Waals surface area contributed by atoms with Crippen molar-refractivity contribution >= 4 is 5.97 Å². The van der Waals surface area contributed by atoms with Crippen LogP contribution in [0.4, 0.5) is 0 Å². The molecule has 0 spiro atoms. The summed E-state index contributed by atoms with van der Waals surface area (Å²) in [4.78, 5) is 13.2. The standard InChI is InChI=1S/C15H18N2O2/c1-11(15(18)19)9-17(14-6-7-14)10-13-4-2-12(8-16)3-5-13/h2-5,11,14H,6-7,9-10H2,1H3,(H,18,19). The second kappa shape index (κ2) is 5.85. The SMILES string of the molecule is CC(CN(Cc1ccc(C#N)cc1)C1CC1)C(=O)O. The maximum atomic E-state index is 11.0. The van der Waals surface area contributed by atoms with Crippen LogP contribution in [0.2, 0.25) is 0 Å². The topological polar surface area (TPSA) is 64.3 Å². The molecular weight excluding hydrogens is 240 g/mol. The van der Waals surface area contributed by atoms with E-state index in [-0.39, 0.29) is 5.92 Å². The van der Waals surface area contributed by atoms with Gasteiger partial charge < -0.3 is 5.11 Å². The molecule has 1 aromatic rings. The fraction of sp³-hybridized carbons (Fsp3) is 0.467. The van der Waals surface area contributed by atoms with Gasteiger partial charge in [-0.25, -0.2) is 0 Å². The van der Waals surface area contributed by atoms with E-state index in [0.717, 1.165) is 24.9 Å². The van der Waals surface area contributed by atoms with E-state index in [1.165, 1.54) is 0 Å². The molecule has 4 heteroatoms. The third-order valence-electron chi connectivity index (χ3n) is 3.46. The predicted molar refractivity (Wildman–Crippen MR) is 71.4 cm³/mol. The average Bonchev–Trinajstić information content (AvgIpc) is 3.23. The number of carbonyl (C=O) groups is 1. The molecule has 4 nitrogen and oxygen atoms in total. The molecule has 1 aromatic carbocycles. The second-order valence-corrected chi connectivity index (χ2v) is 5.21. The first-order chi connectivity index (χ1) is 9.10. The number of nitriles is 1. The number of benzene rings is 1. The molecule has 1 saturated carbocycles. The zero-order valence-corrected chi connectivity index (χ0v) is 11.0. The molecular formula is C15H18N2O2. The number of hydrogen-bond acceptors (Lipinski definition) is 3.